The predicted octanol–water partition coefficient (Wildman–Crippen LogP) is 5.85. The smallest absolute Gasteiger partial charge is 0.264 e. The van der Waals surface area contributed by atoms with Crippen molar-refractivity contribution in [1.82, 2.24) is 10.2 Å². The summed E-state index contributed by atoms with van der Waals surface area (Å²) in [7, 11) is -4.19. The molecule has 0 spiro atoms. The molecule has 1 atom stereocenters. The van der Waals surface area contributed by atoms with E-state index in [1.807, 2.05) is 6.92 Å². The van der Waals surface area contributed by atoms with Crippen LogP contribution in [0.4, 0.5) is 10.1 Å². The van der Waals surface area contributed by atoms with Crippen LogP contribution in [0.1, 0.15) is 50.2 Å². The Hall–Kier alpha value is -3.43. The average Bonchev–Trinajstić information content (AvgIpc) is 2.96. The van der Waals surface area contributed by atoms with Crippen molar-refractivity contribution in [2.75, 3.05) is 10.8 Å². The molecular formula is C31H35ClFN3O4S. The normalized spacial score (nSPS) is 14.7. The second kappa shape index (κ2) is 13.5. The average molecular weight is 600 g/mol. The number of hydrogen-bond donors (Lipinski definition) is 1. The van der Waals surface area contributed by atoms with E-state index in [4.69, 9.17) is 11.6 Å². The first-order chi connectivity index (χ1) is 19.6. The van der Waals surface area contributed by atoms with Crippen molar-refractivity contribution in [3.05, 3.63) is 94.8 Å². The van der Waals surface area contributed by atoms with E-state index in [0.29, 0.717) is 5.02 Å². The van der Waals surface area contributed by atoms with Gasteiger partial charge in [0.25, 0.3) is 10.0 Å². The molecule has 1 N–H and O–H groups in total. The number of carbonyl (C=O) groups is 2. The summed E-state index contributed by atoms with van der Waals surface area (Å²) in [5.74, 6) is -1.53. The SMILES string of the molecule is Cc1ccc(S(=O)(=O)N(CC(=O)N(Cc2ccccc2F)[C@H](C)C(=O)NC2CCCCC2)c2ccc(Cl)cc2)cc1. The zero-order chi connectivity index (χ0) is 29.6. The Kier molecular flexibility index (Phi) is 10.0. The Balaban J connectivity index is 1.68. The molecule has 3 aromatic rings. The lowest BCUT2D eigenvalue weighted by Crippen LogP contribution is -2.53. The second-order valence-corrected chi connectivity index (χ2v) is 12.7. The number of rotatable bonds is 10. The Bertz CT molecular complexity index is 1460. The number of nitrogens with one attached hydrogen (secondary N) is 1. The highest BCUT2D eigenvalue weighted by atomic mass is 35.5. The lowest BCUT2D eigenvalue weighted by atomic mass is 9.95. The monoisotopic (exact) mass is 599 g/mol. The molecule has 0 bridgehead atoms. The first-order valence-electron chi connectivity index (χ1n) is 13.7. The highest BCUT2D eigenvalue weighted by molar-refractivity contribution is 7.92. The number of nitrogens with zero attached hydrogens (tertiary/aromatic N) is 2. The molecule has 1 fully saturated rings. The van der Waals surface area contributed by atoms with E-state index < -0.39 is 34.3 Å². The molecule has 2 amide bonds. The number of amides is 2. The fourth-order valence-corrected chi connectivity index (χ4v) is 6.48. The summed E-state index contributed by atoms with van der Waals surface area (Å²) in [5, 5.41) is 3.44. The molecule has 0 unspecified atom stereocenters. The van der Waals surface area contributed by atoms with Gasteiger partial charge in [0.05, 0.1) is 10.6 Å². The van der Waals surface area contributed by atoms with E-state index in [-0.39, 0.29) is 34.6 Å². The maximum absolute atomic E-state index is 14.7. The third kappa shape index (κ3) is 7.65. The Morgan fingerprint density at radius 2 is 1.61 bits per heavy atom. The van der Waals surface area contributed by atoms with Crippen molar-refractivity contribution in [3.63, 3.8) is 0 Å². The van der Waals surface area contributed by atoms with Crippen LogP contribution in [0.5, 0.6) is 0 Å². The number of hydrogen-bond acceptors (Lipinski definition) is 4. The standard InChI is InChI=1S/C31H35ClFN3O4S/c1-22-12-18-28(19-13-22)41(39,40)36(27-16-14-25(32)15-17-27)21-30(37)35(20-24-8-6-7-11-29(24)33)23(2)31(38)34-26-9-4-3-5-10-26/h6-8,11-19,23,26H,3-5,9-10,20-21H2,1-2H3,(H,34,38)/t23-/m1/s1. The molecule has 0 aromatic heterocycles. The predicted molar refractivity (Wildman–Crippen MR) is 159 cm³/mol. The Morgan fingerprint density at radius 1 is 0.976 bits per heavy atom. The van der Waals surface area contributed by atoms with Gasteiger partial charge in [-0.15, -0.1) is 0 Å². The van der Waals surface area contributed by atoms with Crippen LogP contribution < -0.4 is 9.62 Å². The number of carbonyl (C=O) groups excluding carboxylic acids is 2. The van der Waals surface area contributed by atoms with Gasteiger partial charge in [0.1, 0.15) is 18.4 Å². The fraction of sp³-hybridized carbons (Fsp3) is 0.355. The lowest BCUT2D eigenvalue weighted by Gasteiger charge is -2.33. The molecule has 1 aliphatic rings. The highest BCUT2D eigenvalue weighted by Gasteiger charge is 2.33. The number of sulfonamides is 1. The van der Waals surface area contributed by atoms with E-state index in [2.05, 4.69) is 5.32 Å². The highest BCUT2D eigenvalue weighted by Crippen LogP contribution is 2.26. The van der Waals surface area contributed by atoms with Gasteiger partial charge in [-0.05, 0) is 69.2 Å². The van der Waals surface area contributed by atoms with Gasteiger partial charge >= 0.3 is 0 Å². The molecule has 1 aliphatic carbocycles. The van der Waals surface area contributed by atoms with Gasteiger partial charge < -0.3 is 10.2 Å². The van der Waals surface area contributed by atoms with E-state index in [9.17, 15) is 22.4 Å². The van der Waals surface area contributed by atoms with E-state index in [1.165, 1.54) is 47.4 Å². The molecule has 0 saturated heterocycles. The van der Waals surface area contributed by atoms with Gasteiger partial charge in [0, 0.05) is 23.2 Å². The number of benzene rings is 3. The van der Waals surface area contributed by atoms with Crippen molar-refractivity contribution in [3.8, 4) is 0 Å². The fourth-order valence-electron chi connectivity index (χ4n) is 4.94. The van der Waals surface area contributed by atoms with E-state index in [0.717, 1.165) is 42.0 Å². The van der Waals surface area contributed by atoms with Crippen LogP contribution in [0.3, 0.4) is 0 Å². The summed E-state index contributed by atoms with van der Waals surface area (Å²) in [5.41, 5.74) is 1.33. The summed E-state index contributed by atoms with van der Waals surface area (Å²) in [6.07, 6.45) is 4.88. The van der Waals surface area contributed by atoms with Crippen molar-refractivity contribution >= 4 is 39.1 Å². The molecule has 0 aliphatic heterocycles. The van der Waals surface area contributed by atoms with Crippen LogP contribution >= 0.6 is 11.6 Å². The maximum atomic E-state index is 14.7. The van der Waals surface area contributed by atoms with Gasteiger partial charge in [0.15, 0.2) is 0 Å². The maximum Gasteiger partial charge on any atom is 0.264 e. The third-order valence-electron chi connectivity index (χ3n) is 7.42. The molecule has 3 aromatic carbocycles. The first kappa shape index (κ1) is 30.5. The minimum atomic E-state index is -4.19. The topological polar surface area (TPSA) is 86.8 Å². The largest absolute Gasteiger partial charge is 0.352 e. The lowest BCUT2D eigenvalue weighted by molar-refractivity contribution is -0.139. The van der Waals surface area contributed by atoms with Gasteiger partial charge in [-0.3, -0.25) is 13.9 Å². The molecular weight excluding hydrogens is 565 g/mol. The summed E-state index contributed by atoms with van der Waals surface area (Å²) in [6, 6.07) is 17.5. The van der Waals surface area contributed by atoms with Crippen LogP contribution in [0.25, 0.3) is 0 Å². The Labute approximate surface area is 246 Å². The summed E-state index contributed by atoms with van der Waals surface area (Å²) in [4.78, 5) is 28.6. The van der Waals surface area contributed by atoms with Crippen LogP contribution in [0, 0.1) is 12.7 Å². The van der Waals surface area contributed by atoms with Crippen molar-refractivity contribution in [2.45, 2.75) is 69.5 Å². The molecule has 7 nitrogen and oxygen atoms in total. The van der Waals surface area contributed by atoms with Crippen LogP contribution in [-0.4, -0.2) is 43.8 Å². The van der Waals surface area contributed by atoms with Gasteiger partial charge in [-0.2, -0.15) is 0 Å². The molecule has 0 heterocycles. The zero-order valence-corrected chi connectivity index (χ0v) is 24.8. The van der Waals surface area contributed by atoms with Crippen molar-refractivity contribution in [1.29, 1.82) is 0 Å². The van der Waals surface area contributed by atoms with Gasteiger partial charge in [-0.1, -0.05) is 66.8 Å². The number of aryl methyl sites for hydroxylation is 1. The number of halogens is 2. The van der Waals surface area contributed by atoms with Gasteiger partial charge in [0.2, 0.25) is 11.8 Å². The summed E-state index contributed by atoms with van der Waals surface area (Å²) in [6.45, 7) is 2.62. The summed E-state index contributed by atoms with van der Waals surface area (Å²) >= 11 is 6.06. The molecule has 10 heteroatoms. The Morgan fingerprint density at radius 3 is 2.24 bits per heavy atom. The number of anilines is 1. The quantitative estimate of drug-likeness (QED) is 0.317. The third-order valence-corrected chi connectivity index (χ3v) is 9.46. The van der Waals surface area contributed by atoms with E-state index in [1.54, 1.807) is 37.3 Å². The van der Waals surface area contributed by atoms with Gasteiger partial charge in [-0.25, -0.2) is 12.8 Å². The van der Waals surface area contributed by atoms with Crippen molar-refractivity contribution < 1.29 is 22.4 Å². The van der Waals surface area contributed by atoms with Crippen LogP contribution in [0.2, 0.25) is 5.02 Å². The molecule has 218 valence electrons. The summed E-state index contributed by atoms with van der Waals surface area (Å²) < 4.78 is 43.4. The molecule has 4 rings (SSSR count). The minimum absolute atomic E-state index is 0.00888. The molecule has 41 heavy (non-hydrogen) atoms. The first-order valence-corrected chi connectivity index (χ1v) is 15.6. The van der Waals surface area contributed by atoms with Crippen LogP contribution in [-0.2, 0) is 26.2 Å². The molecule has 0 radical (unpaired) electrons. The van der Waals surface area contributed by atoms with Crippen molar-refractivity contribution in [2.24, 2.45) is 0 Å². The zero-order valence-electron chi connectivity index (χ0n) is 23.2. The second-order valence-electron chi connectivity index (χ2n) is 10.4. The minimum Gasteiger partial charge on any atom is -0.352 e. The van der Waals surface area contributed by atoms with E-state index >= 15 is 0 Å². The molecule has 1 saturated carbocycles. The van der Waals surface area contributed by atoms with Crippen LogP contribution in [0.15, 0.2) is 77.7 Å².